The van der Waals surface area contributed by atoms with Crippen LogP contribution in [0, 0.1) is 19.7 Å². The van der Waals surface area contributed by atoms with Gasteiger partial charge in [0.05, 0.1) is 5.69 Å². The highest BCUT2D eigenvalue weighted by molar-refractivity contribution is 5.41. The molecule has 3 aromatic rings. The maximum atomic E-state index is 13.6. The predicted molar refractivity (Wildman–Crippen MR) is 68.0 cm³/mol. The first-order valence-corrected chi connectivity index (χ1v) is 5.77. The smallest absolute Gasteiger partial charge is 0.281 e. The quantitative estimate of drug-likeness (QED) is 0.666. The number of nitrogens with zero attached hydrogens (tertiary/aromatic N) is 4. The first kappa shape index (κ1) is 11.6. The minimum Gasteiger partial charge on any atom is -0.281 e. The molecule has 0 bridgehead atoms. The molecule has 0 radical (unpaired) electrons. The highest BCUT2D eigenvalue weighted by atomic mass is 19.1. The largest absolute Gasteiger partial charge is 0.300 e. The average Bonchev–Trinajstić information content (AvgIpc) is 2.76. The lowest BCUT2D eigenvalue weighted by atomic mass is 10.2. The molecule has 0 saturated heterocycles. The first-order chi connectivity index (χ1) is 9.08. The van der Waals surface area contributed by atoms with Gasteiger partial charge < -0.3 is 0 Å². The van der Waals surface area contributed by atoms with Crippen LogP contribution >= 0.6 is 0 Å². The molecule has 0 aliphatic heterocycles. The molecule has 0 aliphatic carbocycles. The van der Waals surface area contributed by atoms with Gasteiger partial charge in [0.2, 0.25) is 5.65 Å². The number of hydrogen-bond acceptors (Lipinski definition) is 3. The summed E-state index contributed by atoms with van der Waals surface area (Å²) in [5, 5.41) is 7.68. The van der Waals surface area contributed by atoms with Gasteiger partial charge in [0.1, 0.15) is 11.6 Å². The van der Waals surface area contributed by atoms with Gasteiger partial charge in [-0.2, -0.15) is 0 Å². The normalized spacial score (nSPS) is 11.1. The molecular weight excluding hydrogens is 247 g/mol. The van der Waals surface area contributed by atoms with Crippen LogP contribution in [0.2, 0.25) is 0 Å². The van der Waals surface area contributed by atoms with Gasteiger partial charge in [-0.05, 0) is 31.5 Å². The van der Waals surface area contributed by atoms with Gasteiger partial charge in [-0.15, -0.1) is 10.2 Å². The Labute approximate surface area is 108 Å². The van der Waals surface area contributed by atoms with Crippen molar-refractivity contribution >= 4 is 5.65 Å². The topological polar surface area (TPSA) is 52.2 Å². The third-order valence-electron chi connectivity index (χ3n) is 3.07. The Morgan fingerprint density at radius 3 is 2.68 bits per heavy atom. The summed E-state index contributed by atoms with van der Waals surface area (Å²) >= 11 is 0. The van der Waals surface area contributed by atoms with E-state index in [9.17, 15) is 9.18 Å². The Morgan fingerprint density at radius 1 is 1.16 bits per heavy atom. The fourth-order valence-corrected chi connectivity index (χ4v) is 1.94. The maximum absolute atomic E-state index is 13.6. The molecular formula is C13H11FN4O. The van der Waals surface area contributed by atoms with Crippen molar-refractivity contribution in [1.29, 1.82) is 0 Å². The van der Waals surface area contributed by atoms with Crippen molar-refractivity contribution in [2.75, 3.05) is 0 Å². The minimum absolute atomic E-state index is 0.223. The van der Waals surface area contributed by atoms with Crippen LogP contribution in [0.25, 0.3) is 11.3 Å². The van der Waals surface area contributed by atoms with Crippen molar-refractivity contribution < 1.29 is 4.39 Å². The van der Waals surface area contributed by atoms with Crippen LogP contribution in [0.4, 0.5) is 4.39 Å². The van der Waals surface area contributed by atoms with Crippen LogP contribution in [-0.4, -0.2) is 19.2 Å². The van der Waals surface area contributed by atoms with Crippen LogP contribution in [0.3, 0.4) is 0 Å². The third kappa shape index (κ3) is 1.72. The summed E-state index contributed by atoms with van der Waals surface area (Å²) in [5.41, 5.74) is 0.903. The van der Waals surface area contributed by atoms with Gasteiger partial charge in [-0.3, -0.25) is 13.8 Å². The molecule has 0 fully saturated rings. The highest BCUT2D eigenvalue weighted by Gasteiger charge is 2.09. The Morgan fingerprint density at radius 2 is 1.95 bits per heavy atom. The molecule has 0 atom stereocenters. The van der Waals surface area contributed by atoms with Gasteiger partial charge in [0.25, 0.3) is 0 Å². The van der Waals surface area contributed by atoms with E-state index in [1.165, 1.54) is 10.6 Å². The zero-order chi connectivity index (χ0) is 13.6. The van der Waals surface area contributed by atoms with Crippen LogP contribution in [0.15, 0.2) is 35.4 Å². The van der Waals surface area contributed by atoms with E-state index < -0.39 is 0 Å². The van der Waals surface area contributed by atoms with E-state index in [-0.39, 0.29) is 17.0 Å². The molecule has 0 aliphatic rings. The molecule has 3 rings (SSSR count). The summed E-state index contributed by atoms with van der Waals surface area (Å²) in [4.78, 5) is 12.3. The fourth-order valence-electron chi connectivity index (χ4n) is 1.94. The fraction of sp³-hybridized carbons (Fsp3) is 0.154. The van der Waals surface area contributed by atoms with Crippen LogP contribution in [0.5, 0.6) is 0 Å². The minimum atomic E-state index is -0.345. The zero-order valence-corrected chi connectivity index (χ0v) is 10.5. The molecule has 5 nitrogen and oxygen atoms in total. The number of aryl methyl sites for hydroxylation is 2. The summed E-state index contributed by atoms with van der Waals surface area (Å²) < 4.78 is 16.5. The molecule has 2 heterocycles. The van der Waals surface area contributed by atoms with Gasteiger partial charge in [0, 0.05) is 12.4 Å². The SMILES string of the molecule is Cc1ccc(-n2ccn3c(C)nnc3c2=O)cc1F. The second-order valence-corrected chi connectivity index (χ2v) is 4.35. The van der Waals surface area contributed by atoms with Crippen molar-refractivity contribution in [3.63, 3.8) is 0 Å². The Balaban J connectivity index is 2.28. The van der Waals surface area contributed by atoms with E-state index in [1.807, 2.05) is 0 Å². The maximum Gasteiger partial charge on any atom is 0.300 e. The van der Waals surface area contributed by atoms with Gasteiger partial charge in [0.15, 0.2) is 0 Å². The third-order valence-corrected chi connectivity index (χ3v) is 3.07. The Hall–Kier alpha value is -2.50. The number of rotatable bonds is 1. The standard InChI is InChI=1S/C13H11FN4O/c1-8-3-4-10(7-11(8)14)18-6-5-17-9(2)15-16-12(17)13(18)19/h3-7H,1-2H3. The molecule has 19 heavy (non-hydrogen) atoms. The summed E-state index contributed by atoms with van der Waals surface area (Å²) in [6.07, 6.45) is 3.26. The van der Waals surface area contributed by atoms with Gasteiger partial charge >= 0.3 is 5.56 Å². The molecule has 96 valence electrons. The monoisotopic (exact) mass is 258 g/mol. The van der Waals surface area contributed by atoms with E-state index in [2.05, 4.69) is 10.2 Å². The van der Waals surface area contributed by atoms with E-state index in [0.29, 0.717) is 17.1 Å². The summed E-state index contributed by atoms with van der Waals surface area (Å²) in [6, 6.07) is 4.66. The van der Waals surface area contributed by atoms with E-state index in [1.54, 1.807) is 42.8 Å². The lowest BCUT2D eigenvalue weighted by molar-refractivity contribution is 0.617. The van der Waals surface area contributed by atoms with Crippen LogP contribution in [0.1, 0.15) is 11.4 Å². The lowest BCUT2D eigenvalue weighted by Crippen LogP contribution is -2.20. The Bertz CT molecular complexity index is 834. The van der Waals surface area contributed by atoms with Gasteiger partial charge in [-0.25, -0.2) is 4.39 Å². The molecule has 0 saturated carbocycles. The number of fused-ring (bicyclic) bond motifs is 1. The summed E-state index contributed by atoms with van der Waals surface area (Å²) in [7, 11) is 0. The van der Waals surface area contributed by atoms with Crippen molar-refractivity contribution in [2.24, 2.45) is 0 Å². The van der Waals surface area contributed by atoms with Crippen molar-refractivity contribution in [1.82, 2.24) is 19.2 Å². The molecule has 2 aromatic heterocycles. The number of halogens is 1. The lowest BCUT2D eigenvalue weighted by Gasteiger charge is -2.07. The second kappa shape index (κ2) is 4.01. The van der Waals surface area contributed by atoms with E-state index >= 15 is 0 Å². The molecule has 0 unspecified atom stereocenters. The van der Waals surface area contributed by atoms with Crippen LogP contribution in [-0.2, 0) is 0 Å². The highest BCUT2D eigenvalue weighted by Crippen LogP contribution is 2.12. The van der Waals surface area contributed by atoms with Crippen molar-refractivity contribution in [2.45, 2.75) is 13.8 Å². The summed E-state index contributed by atoms with van der Waals surface area (Å²) in [6.45, 7) is 3.43. The zero-order valence-electron chi connectivity index (χ0n) is 10.5. The Kier molecular flexibility index (Phi) is 2.45. The average molecular weight is 258 g/mol. The number of hydrogen-bond donors (Lipinski definition) is 0. The van der Waals surface area contributed by atoms with Crippen molar-refractivity contribution in [3.8, 4) is 5.69 Å². The van der Waals surface area contributed by atoms with Crippen LogP contribution < -0.4 is 5.56 Å². The van der Waals surface area contributed by atoms with E-state index in [0.717, 1.165) is 0 Å². The number of aromatic nitrogens is 4. The van der Waals surface area contributed by atoms with Gasteiger partial charge in [-0.1, -0.05) is 6.07 Å². The van der Waals surface area contributed by atoms with Crippen molar-refractivity contribution in [3.05, 3.63) is 58.2 Å². The molecule has 1 aromatic carbocycles. The molecule has 0 N–H and O–H groups in total. The molecule has 6 heteroatoms. The predicted octanol–water partition coefficient (Wildman–Crippen LogP) is 1.64. The molecule has 0 spiro atoms. The summed E-state index contributed by atoms with van der Waals surface area (Å²) in [5.74, 6) is 0.288. The number of benzene rings is 1. The van der Waals surface area contributed by atoms with E-state index in [4.69, 9.17) is 0 Å². The first-order valence-electron chi connectivity index (χ1n) is 5.77. The molecule has 0 amide bonds. The second-order valence-electron chi connectivity index (χ2n) is 4.35.